The Kier molecular flexibility index (Phi) is 3.71. The first kappa shape index (κ1) is 14.4. The van der Waals surface area contributed by atoms with Crippen molar-refractivity contribution in [2.24, 2.45) is 0 Å². The molecule has 0 aliphatic rings. The summed E-state index contributed by atoms with van der Waals surface area (Å²) in [6.07, 6.45) is 0. The van der Waals surface area contributed by atoms with E-state index in [0.29, 0.717) is 30.0 Å². The maximum atomic E-state index is 12.5. The van der Waals surface area contributed by atoms with E-state index in [0.717, 1.165) is 17.0 Å². The highest BCUT2D eigenvalue weighted by molar-refractivity contribution is 5.75. The molecule has 0 atom stereocenters. The Morgan fingerprint density at radius 1 is 1.23 bits per heavy atom. The average molecular weight is 297 g/mol. The summed E-state index contributed by atoms with van der Waals surface area (Å²) in [6, 6.07) is 9.71. The Morgan fingerprint density at radius 3 is 2.82 bits per heavy atom. The van der Waals surface area contributed by atoms with Gasteiger partial charge in [0, 0.05) is 5.69 Å². The van der Waals surface area contributed by atoms with Gasteiger partial charge in [-0.2, -0.15) is 0 Å². The minimum atomic E-state index is -0.0281. The van der Waals surface area contributed by atoms with Crippen LogP contribution in [0.15, 0.2) is 35.1 Å². The zero-order valence-electron chi connectivity index (χ0n) is 13.0. The molecule has 0 amide bonds. The Bertz CT molecular complexity index is 877. The van der Waals surface area contributed by atoms with Crippen LogP contribution in [0.3, 0.4) is 0 Å². The maximum Gasteiger partial charge on any atom is 0.263 e. The van der Waals surface area contributed by atoms with Crippen molar-refractivity contribution in [3.8, 4) is 5.75 Å². The van der Waals surface area contributed by atoms with Crippen molar-refractivity contribution in [1.82, 2.24) is 14.5 Å². The van der Waals surface area contributed by atoms with E-state index in [1.54, 1.807) is 4.57 Å². The smallest absolute Gasteiger partial charge is 0.263 e. The van der Waals surface area contributed by atoms with Crippen LogP contribution in [0.2, 0.25) is 0 Å². The molecule has 1 aromatic carbocycles. The van der Waals surface area contributed by atoms with Gasteiger partial charge in [-0.25, -0.2) is 4.98 Å². The second-order valence-electron chi connectivity index (χ2n) is 5.50. The van der Waals surface area contributed by atoms with Crippen molar-refractivity contribution in [3.05, 3.63) is 57.8 Å². The van der Waals surface area contributed by atoms with Gasteiger partial charge in [0.15, 0.2) is 0 Å². The van der Waals surface area contributed by atoms with Crippen molar-refractivity contribution >= 4 is 11.0 Å². The number of fused-ring (bicyclic) bond motifs is 1. The van der Waals surface area contributed by atoms with Gasteiger partial charge in [0.25, 0.3) is 5.56 Å². The van der Waals surface area contributed by atoms with Gasteiger partial charge in [-0.15, -0.1) is 0 Å². The van der Waals surface area contributed by atoms with Gasteiger partial charge in [0.1, 0.15) is 23.8 Å². The highest BCUT2D eigenvalue weighted by atomic mass is 16.5. The van der Waals surface area contributed by atoms with Gasteiger partial charge in [-0.3, -0.25) is 9.36 Å². The van der Waals surface area contributed by atoms with E-state index in [4.69, 9.17) is 4.74 Å². The molecule has 22 heavy (non-hydrogen) atoms. The second-order valence-corrected chi connectivity index (χ2v) is 5.50. The number of aromatic nitrogens is 3. The molecule has 0 radical (unpaired) electrons. The molecule has 0 spiro atoms. The van der Waals surface area contributed by atoms with Crippen LogP contribution < -0.4 is 10.3 Å². The molecule has 3 rings (SSSR count). The van der Waals surface area contributed by atoms with Crippen LogP contribution in [0.4, 0.5) is 0 Å². The first-order valence-corrected chi connectivity index (χ1v) is 7.31. The van der Waals surface area contributed by atoms with Crippen LogP contribution in [0, 0.1) is 20.8 Å². The third-order valence-corrected chi connectivity index (χ3v) is 3.64. The lowest BCUT2D eigenvalue weighted by atomic mass is 10.2. The summed E-state index contributed by atoms with van der Waals surface area (Å²) in [5, 5.41) is 0.624. The molecule has 2 heterocycles. The SMILES string of the molecule is Cc1cccc(OCCn2c(C)nc3[nH]c(C)cc3c2=O)c1. The Morgan fingerprint density at radius 2 is 2.05 bits per heavy atom. The number of nitrogens with one attached hydrogen (secondary N) is 1. The number of ether oxygens (including phenoxy) is 1. The third kappa shape index (κ3) is 2.74. The first-order valence-electron chi connectivity index (χ1n) is 7.31. The zero-order chi connectivity index (χ0) is 15.7. The lowest BCUT2D eigenvalue weighted by molar-refractivity contribution is 0.294. The van der Waals surface area contributed by atoms with Crippen LogP contribution in [0.5, 0.6) is 5.75 Å². The molecule has 114 valence electrons. The fourth-order valence-corrected chi connectivity index (χ4v) is 2.56. The summed E-state index contributed by atoms with van der Waals surface area (Å²) in [5.74, 6) is 1.50. The molecule has 0 unspecified atom stereocenters. The third-order valence-electron chi connectivity index (χ3n) is 3.64. The van der Waals surface area contributed by atoms with Crippen molar-refractivity contribution in [2.45, 2.75) is 27.3 Å². The summed E-state index contributed by atoms with van der Waals surface area (Å²) in [6.45, 7) is 6.69. The van der Waals surface area contributed by atoms with Gasteiger partial charge < -0.3 is 9.72 Å². The normalized spacial score (nSPS) is 11.0. The van der Waals surface area contributed by atoms with E-state index in [9.17, 15) is 4.79 Å². The molecule has 0 aliphatic heterocycles. The van der Waals surface area contributed by atoms with E-state index in [1.165, 1.54) is 0 Å². The molecular weight excluding hydrogens is 278 g/mol. The van der Waals surface area contributed by atoms with Gasteiger partial charge in [0.05, 0.1) is 11.9 Å². The second kappa shape index (κ2) is 5.67. The predicted molar refractivity (Wildman–Crippen MR) is 86.5 cm³/mol. The maximum absolute atomic E-state index is 12.5. The molecule has 0 aliphatic carbocycles. The summed E-state index contributed by atoms with van der Waals surface area (Å²) in [5.41, 5.74) is 2.71. The van der Waals surface area contributed by atoms with Crippen LogP contribution >= 0.6 is 0 Å². The number of hydrogen-bond acceptors (Lipinski definition) is 3. The van der Waals surface area contributed by atoms with E-state index >= 15 is 0 Å². The van der Waals surface area contributed by atoms with E-state index in [2.05, 4.69) is 9.97 Å². The van der Waals surface area contributed by atoms with Crippen LogP contribution in [-0.2, 0) is 6.54 Å². The molecule has 2 aromatic heterocycles. The number of aryl methyl sites for hydroxylation is 3. The number of hydrogen-bond donors (Lipinski definition) is 1. The van der Waals surface area contributed by atoms with Crippen molar-refractivity contribution in [1.29, 1.82) is 0 Å². The molecule has 1 N–H and O–H groups in total. The zero-order valence-corrected chi connectivity index (χ0v) is 13.0. The molecule has 3 aromatic rings. The van der Waals surface area contributed by atoms with Gasteiger partial charge in [0.2, 0.25) is 0 Å². The monoisotopic (exact) mass is 297 g/mol. The highest BCUT2D eigenvalue weighted by Gasteiger charge is 2.10. The minimum Gasteiger partial charge on any atom is -0.492 e. The Labute approximate surface area is 128 Å². The number of benzene rings is 1. The molecule has 0 saturated carbocycles. The largest absolute Gasteiger partial charge is 0.492 e. The van der Waals surface area contributed by atoms with E-state index in [1.807, 2.05) is 51.1 Å². The summed E-state index contributed by atoms with van der Waals surface area (Å²) >= 11 is 0. The van der Waals surface area contributed by atoms with Crippen molar-refractivity contribution in [3.63, 3.8) is 0 Å². The highest BCUT2D eigenvalue weighted by Crippen LogP contribution is 2.13. The van der Waals surface area contributed by atoms with Crippen LogP contribution in [-0.4, -0.2) is 21.1 Å². The Hall–Kier alpha value is -2.56. The summed E-state index contributed by atoms with van der Waals surface area (Å²) < 4.78 is 7.38. The summed E-state index contributed by atoms with van der Waals surface area (Å²) in [4.78, 5) is 20.1. The lowest BCUT2D eigenvalue weighted by Gasteiger charge is -2.11. The van der Waals surface area contributed by atoms with Crippen LogP contribution in [0.1, 0.15) is 17.1 Å². The first-order chi connectivity index (χ1) is 10.5. The fraction of sp³-hybridized carbons (Fsp3) is 0.294. The van der Waals surface area contributed by atoms with Gasteiger partial charge in [-0.05, 0) is 44.5 Å². The molecule has 0 bridgehead atoms. The number of H-pyrrole nitrogens is 1. The van der Waals surface area contributed by atoms with Gasteiger partial charge >= 0.3 is 0 Å². The Balaban J connectivity index is 1.80. The molecule has 5 heteroatoms. The molecule has 0 fully saturated rings. The van der Waals surface area contributed by atoms with Crippen molar-refractivity contribution < 1.29 is 4.74 Å². The molecule has 5 nitrogen and oxygen atoms in total. The van der Waals surface area contributed by atoms with Gasteiger partial charge in [-0.1, -0.05) is 12.1 Å². The number of rotatable bonds is 4. The van der Waals surface area contributed by atoms with Crippen LogP contribution in [0.25, 0.3) is 11.0 Å². The van der Waals surface area contributed by atoms with E-state index < -0.39 is 0 Å². The predicted octanol–water partition coefficient (Wildman–Crippen LogP) is 2.73. The summed E-state index contributed by atoms with van der Waals surface area (Å²) in [7, 11) is 0. The minimum absolute atomic E-state index is 0.0281. The lowest BCUT2D eigenvalue weighted by Crippen LogP contribution is -2.26. The number of aromatic amines is 1. The topological polar surface area (TPSA) is 59.9 Å². The number of nitrogens with zero attached hydrogens (tertiary/aromatic N) is 2. The fourth-order valence-electron chi connectivity index (χ4n) is 2.56. The molecule has 0 saturated heterocycles. The quantitative estimate of drug-likeness (QED) is 0.805. The average Bonchev–Trinajstić information content (AvgIpc) is 2.83. The standard InChI is InChI=1S/C17H19N3O2/c1-11-5-4-6-14(9-11)22-8-7-20-13(3)19-16-15(17(20)21)10-12(2)18-16/h4-6,9-10,18H,7-8H2,1-3H3. The molecular formula is C17H19N3O2. The van der Waals surface area contributed by atoms with E-state index in [-0.39, 0.29) is 5.56 Å². The van der Waals surface area contributed by atoms with Crippen molar-refractivity contribution in [2.75, 3.05) is 6.61 Å².